The summed E-state index contributed by atoms with van der Waals surface area (Å²) in [5, 5.41) is 4.12. The zero-order valence-electron chi connectivity index (χ0n) is 11.1. The molecule has 0 unspecified atom stereocenters. The van der Waals surface area contributed by atoms with E-state index in [1.807, 2.05) is 0 Å². The first-order chi connectivity index (χ1) is 9.16. The Morgan fingerprint density at radius 3 is 2.42 bits per heavy atom. The Morgan fingerprint density at radius 1 is 1.16 bits per heavy atom. The van der Waals surface area contributed by atoms with Crippen molar-refractivity contribution in [2.24, 2.45) is 5.73 Å². The maximum absolute atomic E-state index is 11.2. The Kier molecular flexibility index (Phi) is 5.08. The van der Waals surface area contributed by atoms with E-state index in [4.69, 9.17) is 17.3 Å². The number of carbonyl (C=O) groups excluding carboxylic acids is 1. The quantitative estimate of drug-likeness (QED) is 0.880. The van der Waals surface area contributed by atoms with Gasteiger partial charge in [-0.05, 0) is 31.0 Å². The van der Waals surface area contributed by atoms with Crippen LogP contribution in [-0.4, -0.2) is 11.9 Å². The molecule has 1 aliphatic carbocycles. The van der Waals surface area contributed by atoms with E-state index < -0.39 is 5.91 Å². The van der Waals surface area contributed by atoms with Crippen LogP contribution in [0.4, 0.5) is 5.69 Å². The lowest BCUT2D eigenvalue weighted by Crippen LogP contribution is -2.21. The third-order valence-electron chi connectivity index (χ3n) is 3.72. The average molecular weight is 281 g/mol. The van der Waals surface area contributed by atoms with Crippen molar-refractivity contribution in [2.45, 2.75) is 51.0 Å². The second kappa shape index (κ2) is 6.80. The zero-order chi connectivity index (χ0) is 13.7. The van der Waals surface area contributed by atoms with E-state index in [1.165, 1.54) is 32.1 Å². The van der Waals surface area contributed by atoms with Gasteiger partial charge in [-0.1, -0.05) is 43.7 Å². The molecule has 0 heterocycles. The lowest BCUT2D eigenvalue weighted by molar-refractivity contribution is 0.100. The summed E-state index contributed by atoms with van der Waals surface area (Å²) in [4.78, 5) is 11.2. The first kappa shape index (κ1) is 14.2. The molecule has 0 radical (unpaired) electrons. The number of nitrogens with two attached hydrogens (primary N) is 1. The third-order valence-corrected chi connectivity index (χ3v) is 4.05. The molecule has 3 nitrogen and oxygen atoms in total. The number of carbonyl (C=O) groups is 1. The molecule has 0 saturated heterocycles. The molecule has 1 amide bonds. The van der Waals surface area contributed by atoms with Gasteiger partial charge in [0.15, 0.2) is 0 Å². The molecule has 3 N–H and O–H groups in total. The summed E-state index contributed by atoms with van der Waals surface area (Å²) in [5.41, 5.74) is 6.62. The van der Waals surface area contributed by atoms with Crippen molar-refractivity contribution in [3.05, 3.63) is 28.8 Å². The molecule has 0 aromatic heterocycles. The summed E-state index contributed by atoms with van der Waals surface area (Å²) in [6.07, 6.45) is 8.81. The largest absolute Gasteiger partial charge is 0.381 e. The number of nitrogens with one attached hydrogen (secondary N) is 1. The highest BCUT2D eigenvalue weighted by Gasteiger charge is 2.13. The smallest absolute Gasteiger partial charge is 0.248 e. The molecule has 0 spiro atoms. The van der Waals surface area contributed by atoms with Crippen LogP contribution in [0.1, 0.15) is 55.3 Å². The van der Waals surface area contributed by atoms with Crippen LogP contribution in [0.15, 0.2) is 18.2 Å². The van der Waals surface area contributed by atoms with Crippen LogP contribution < -0.4 is 11.1 Å². The molecule has 4 heteroatoms. The van der Waals surface area contributed by atoms with Gasteiger partial charge in [0.05, 0.1) is 10.7 Å². The molecule has 1 aromatic carbocycles. The summed E-state index contributed by atoms with van der Waals surface area (Å²) >= 11 is 6.18. The van der Waals surface area contributed by atoms with Crippen molar-refractivity contribution in [3.8, 4) is 0 Å². The Balaban J connectivity index is 2.07. The van der Waals surface area contributed by atoms with Gasteiger partial charge >= 0.3 is 0 Å². The van der Waals surface area contributed by atoms with Crippen molar-refractivity contribution in [1.82, 2.24) is 0 Å². The summed E-state index contributed by atoms with van der Waals surface area (Å²) < 4.78 is 0. The molecular formula is C15H21ClN2O. The van der Waals surface area contributed by atoms with Gasteiger partial charge in [0.25, 0.3) is 0 Å². The summed E-state index contributed by atoms with van der Waals surface area (Å²) in [5.74, 6) is -0.419. The van der Waals surface area contributed by atoms with Crippen LogP contribution in [-0.2, 0) is 0 Å². The lowest BCUT2D eigenvalue weighted by atomic mass is 9.96. The van der Waals surface area contributed by atoms with E-state index in [1.54, 1.807) is 18.2 Å². The van der Waals surface area contributed by atoms with Crippen LogP contribution in [0.25, 0.3) is 0 Å². The van der Waals surface area contributed by atoms with Crippen LogP contribution in [0.3, 0.4) is 0 Å². The van der Waals surface area contributed by atoms with E-state index in [0.29, 0.717) is 16.6 Å². The van der Waals surface area contributed by atoms with E-state index >= 15 is 0 Å². The molecule has 2 rings (SSSR count). The van der Waals surface area contributed by atoms with Gasteiger partial charge in [0, 0.05) is 11.6 Å². The zero-order valence-corrected chi connectivity index (χ0v) is 11.9. The van der Waals surface area contributed by atoms with Crippen molar-refractivity contribution in [1.29, 1.82) is 0 Å². The third kappa shape index (κ3) is 4.13. The van der Waals surface area contributed by atoms with Crippen molar-refractivity contribution < 1.29 is 4.79 Å². The van der Waals surface area contributed by atoms with Gasteiger partial charge in [-0.3, -0.25) is 4.79 Å². The fourth-order valence-electron chi connectivity index (χ4n) is 2.61. The Bertz CT molecular complexity index is 440. The predicted octanol–water partition coefficient (Wildman–Crippen LogP) is 3.96. The molecule has 1 aromatic rings. The van der Waals surface area contributed by atoms with Crippen LogP contribution >= 0.6 is 11.6 Å². The predicted molar refractivity (Wildman–Crippen MR) is 79.7 cm³/mol. The number of primary amides is 1. The fraction of sp³-hybridized carbons (Fsp3) is 0.533. The van der Waals surface area contributed by atoms with E-state index in [2.05, 4.69) is 5.32 Å². The molecule has 1 saturated carbocycles. The Hall–Kier alpha value is -1.22. The Labute approximate surface area is 119 Å². The SMILES string of the molecule is NC(=O)c1ccc(Cl)c(NC2CCCCCCC2)c1. The summed E-state index contributed by atoms with van der Waals surface area (Å²) in [6, 6.07) is 5.59. The van der Waals surface area contributed by atoms with Gasteiger partial charge in [-0.25, -0.2) is 0 Å². The van der Waals surface area contributed by atoms with Gasteiger partial charge in [-0.2, -0.15) is 0 Å². The highest BCUT2D eigenvalue weighted by molar-refractivity contribution is 6.33. The monoisotopic (exact) mass is 280 g/mol. The van der Waals surface area contributed by atoms with E-state index in [9.17, 15) is 4.79 Å². The Morgan fingerprint density at radius 2 is 1.79 bits per heavy atom. The van der Waals surface area contributed by atoms with Crippen LogP contribution in [0, 0.1) is 0 Å². The highest BCUT2D eigenvalue weighted by atomic mass is 35.5. The molecule has 1 aliphatic rings. The standard InChI is InChI=1S/C15H21ClN2O/c16-13-9-8-11(15(17)19)10-14(13)18-12-6-4-2-1-3-5-7-12/h8-10,12,18H,1-7H2,(H2,17,19). The van der Waals surface area contributed by atoms with Gasteiger partial charge in [0.1, 0.15) is 0 Å². The first-order valence-electron chi connectivity index (χ1n) is 7.02. The molecule has 19 heavy (non-hydrogen) atoms. The number of halogens is 1. The molecule has 104 valence electrons. The minimum Gasteiger partial charge on any atom is -0.381 e. The summed E-state index contributed by atoms with van der Waals surface area (Å²) in [7, 11) is 0. The second-order valence-electron chi connectivity index (χ2n) is 5.25. The highest BCUT2D eigenvalue weighted by Crippen LogP contribution is 2.27. The molecule has 1 fully saturated rings. The molecule has 0 bridgehead atoms. The van der Waals surface area contributed by atoms with Gasteiger partial charge < -0.3 is 11.1 Å². The minimum absolute atomic E-state index is 0.419. The summed E-state index contributed by atoms with van der Waals surface area (Å²) in [6.45, 7) is 0. The fourth-order valence-corrected chi connectivity index (χ4v) is 2.78. The number of benzene rings is 1. The maximum Gasteiger partial charge on any atom is 0.248 e. The van der Waals surface area contributed by atoms with Gasteiger partial charge in [-0.15, -0.1) is 0 Å². The van der Waals surface area contributed by atoms with Crippen LogP contribution in [0.2, 0.25) is 5.02 Å². The molecule has 0 aliphatic heterocycles. The van der Waals surface area contributed by atoms with E-state index in [0.717, 1.165) is 18.5 Å². The number of rotatable bonds is 3. The number of amides is 1. The molecule has 0 atom stereocenters. The first-order valence-corrected chi connectivity index (χ1v) is 7.40. The average Bonchev–Trinajstić information content (AvgIpc) is 2.34. The lowest BCUT2D eigenvalue weighted by Gasteiger charge is -2.23. The second-order valence-corrected chi connectivity index (χ2v) is 5.65. The maximum atomic E-state index is 11.2. The topological polar surface area (TPSA) is 55.1 Å². The van der Waals surface area contributed by atoms with Crippen molar-refractivity contribution >= 4 is 23.2 Å². The van der Waals surface area contributed by atoms with Gasteiger partial charge in [0.2, 0.25) is 5.91 Å². The van der Waals surface area contributed by atoms with Crippen LogP contribution in [0.5, 0.6) is 0 Å². The van der Waals surface area contributed by atoms with E-state index in [-0.39, 0.29) is 0 Å². The number of hydrogen-bond donors (Lipinski definition) is 2. The van der Waals surface area contributed by atoms with Crippen molar-refractivity contribution in [2.75, 3.05) is 5.32 Å². The number of hydrogen-bond acceptors (Lipinski definition) is 2. The molecular weight excluding hydrogens is 260 g/mol. The normalized spacial score (nSPS) is 17.5. The van der Waals surface area contributed by atoms with Crippen molar-refractivity contribution in [3.63, 3.8) is 0 Å². The minimum atomic E-state index is -0.419. The number of anilines is 1.